The molecule has 0 saturated heterocycles. The van der Waals surface area contributed by atoms with Crippen molar-refractivity contribution in [1.29, 1.82) is 0 Å². The van der Waals surface area contributed by atoms with Gasteiger partial charge in [-0.15, -0.1) is 0 Å². The molecule has 0 unspecified atom stereocenters. The topological polar surface area (TPSA) is 25.2 Å². The number of rotatable bonds is 4. The molecule has 1 aliphatic rings. The number of nitrogens with one attached hydrogen (secondary N) is 1. The summed E-state index contributed by atoms with van der Waals surface area (Å²) in [5, 5.41) is 3.57. The molecule has 1 aliphatic carbocycles. The average Bonchev–Trinajstić information content (AvgIpc) is 2.68. The first-order chi connectivity index (χ1) is 7.79. The van der Waals surface area contributed by atoms with Gasteiger partial charge in [-0.2, -0.15) is 0 Å². The van der Waals surface area contributed by atoms with Gasteiger partial charge in [-0.1, -0.05) is 32.6 Å². The van der Waals surface area contributed by atoms with Crippen molar-refractivity contribution in [2.45, 2.75) is 52.0 Å². The van der Waals surface area contributed by atoms with E-state index in [4.69, 9.17) is 4.42 Å². The second-order valence-corrected chi connectivity index (χ2v) is 5.46. The van der Waals surface area contributed by atoms with Gasteiger partial charge in [0.25, 0.3) is 0 Å². The fraction of sp³-hybridized carbons (Fsp3) is 0.714. The Hall–Kier alpha value is -0.760. The molecule has 90 valence electrons. The maximum atomic E-state index is 5.06. The van der Waals surface area contributed by atoms with E-state index in [0.29, 0.717) is 5.41 Å². The van der Waals surface area contributed by atoms with E-state index in [1.807, 2.05) is 12.3 Å². The van der Waals surface area contributed by atoms with E-state index in [9.17, 15) is 0 Å². The van der Waals surface area contributed by atoms with Crippen LogP contribution >= 0.6 is 0 Å². The van der Waals surface area contributed by atoms with E-state index in [1.54, 1.807) is 6.26 Å². The summed E-state index contributed by atoms with van der Waals surface area (Å²) >= 11 is 0. The third-order valence-electron chi connectivity index (χ3n) is 3.77. The van der Waals surface area contributed by atoms with Crippen LogP contribution in [0.2, 0.25) is 0 Å². The molecular weight excluding hydrogens is 198 g/mol. The Balaban J connectivity index is 1.75. The minimum Gasteiger partial charge on any atom is -0.472 e. The van der Waals surface area contributed by atoms with Crippen molar-refractivity contribution in [2.24, 2.45) is 5.41 Å². The van der Waals surface area contributed by atoms with Crippen LogP contribution in [-0.4, -0.2) is 6.54 Å². The zero-order valence-electron chi connectivity index (χ0n) is 10.3. The minimum absolute atomic E-state index is 0.514. The molecule has 0 spiro atoms. The summed E-state index contributed by atoms with van der Waals surface area (Å²) < 4.78 is 5.06. The van der Waals surface area contributed by atoms with E-state index in [1.165, 1.54) is 44.1 Å². The summed E-state index contributed by atoms with van der Waals surface area (Å²) in [7, 11) is 0. The quantitative estimate of drug-likeness (QED) is 0.784. The highest BCUT2D eigenvalue weighted by molar-refractivity contribution is 5.04. The molecule has 2 nitrogen and oxygen atoms in total. The van der Waals surface area contributed by atoms with Crippen LogP contribution in [0.5, 0.6) is 0 Å². The first-order valence-electron chi connectivity index (χ1n) is 6.50. The van der Waals surface area contributed by atoms with Gasteiger partial charge in [0.15, 0.2) is 0 Å². The van der Waals surface area contributed by atoms with Crippen LogP contribution in [0.1, 0.15) is 51.0 Å². The minimum atomic E-state index is 0.514. The zero-order chi connectivity index (χ0) is 11.3. The van der Waals surface area contributed by atoms with Gasteiger partial charge in [-0.3, -0.25) is 0 Å². The van der Waals surface area contributed by atoms with Gasteiger partial charge in [-0.05, 0) is 24.3 Å². The van der Waals surface area contributed by atoms with Gasteiger partial charge in [-0.25, -0.2) is 0 Å². The molecule has 2 heteroatoms. The average molecular weight is 221 g/mol. The normalized spacial score (nSPS) is 20.6. The summed E-state index contributed by atoms with van der Waals surface area (Å²) in [5.41, 5.74) is 1.76. The monoisotopic (exact) mass is 221 g/mol. The highest BCUT2D eigenvalue weighted by Crippen LogP contribution is 2.33. The predicted molar refractivity (Wildman–Crippen MR) is 66.2 cm³/mol. The Labute approximate surface area is 98.4 Å². The molecule has 1 fully saturated rings. The molecule has 1 aromatic rings. The van der Waals surface area contributed by atoms with Crippen molar-refractivity contribution in [2.75, 3.05) is 6.54 Å². The fourth-order valence-corrected chi connectivity index (χ4v) is 2.66. The summed E-state index contributed by atoms with van der Waals surface area (Å²) in [5.74, 6) is 0. The van der Waals surface area contributed by atoms with E-state index in [-0.39, 0.29) is 0 Å². The molecule has 1 N–H and O–H groups in total. The van der Waals surface area contributed by atoms with Gasteiger partial charge in [0, 0.05) is 18.7 Å². The van der Waals surface area contributed by atoms with Crippen LogP contribution in [-0.2, 0) is 6.54 Å². The Bertz CT molecular complexity index is 284. The zero-order valence-corrected chi connectivity index (χ0v) is 10.3. The molecule has 1 heterocycles. The lowest BCUT2D eigenvalue weighted by Gasteiger charge is -2.28. The molecular formula is C14H23NO. The van der Waals surface area contributed by atoms with Crippen LogP contribution in [0.15, 0.2) is 23.0 Å². The second kappa shape index (κ2) is 5.53. The maximum absolute atomic E-state index is 5.06. The summed E-state index contributed by atoms with van der Waals surface area (Å²) in [6.07, 6.45) is 12.0. The summed E-state index contributed by atoms with van der Waals surface area (Å²) in [4.78, 5) is 0. The van der Waals surface area contributed by atoms with Crippen molar-refractivity contribution < 1.29 is 4.42 Å². The second-order valence-electron chi connectivity index (χ2n) is 5.46. The van der Waals surface area contributed by atoms with E-state index >= 15 is 0 Å². The Morgan fingerprint density at radius 3 is 2.62 bits per heavy atom. The first kappa shape index (κ1) is 11.7. The number of furan rings is 1. The van der Waals surface area contributed by atoms with Gasteiger partial charge >= 0.3 is 0 Å². The smallest absolute Gasteiger partial charge is 0.0947 e. The molecule has 0 bridgehead atoms. The lowest BCUT2D eigenvalue weighted by Crippen LogP contribution is -2.31. The Kier molecular flexibility index (Phi) is 4.05. The molecule has 0 radical (unpaired) electrons. The van der Waals surface area contributed by atoms with Crippen molar-refractivity contribution in [1.82, 2.24) is 5.32 Å². The molecule has 0 atom stereocenters. The number of hydrogen-bond acceptors (Lipinski definition) is 2. The van der Waals surface area contributed by atoms with Crippen LogP contribution in [0.4, 0.5) is 0 Å². The standard InChI is InChI=1S/C14H23NO/c1-14(7-4-2-3-5-8-14)12-15-10-13-6-9-16-11-13/h6,9,11,15H,2-5,7-8,10,12H2,1H3. The van der Waals surface area contributed by atoms with Crippen molar-refractivity contribution in [3.8, 4) is 0 Å². The molecule has 0 amide bonds. The van der Waals surface area contributed by atoms with Crippen LogP contribution in [0, 0.1) is 5.41 Å². The molecule has 0 aliphatic heterocycles. The third-order valence-corrected chi connectivity index (χ3v) is 3.77. The summed E-state index contributed by atoms with van der Waals surface area (Å²) in [6, 6.07) is 2.03. The Morgan fingerprint density at radius 2 is 2.00 bits per heavy atom. The van der Waals surface area contributed by atoms with Crippen molar-refractivity contribution >= 4 is 0 Å². The molecule has 16 heavy (non-hydrogen) atoms. The SMILES string of the molecule is CC1(CNCc2ccoc2)CCCCCC1. The van der Waals surface area contributed by atoms with Crippen LogP contribution in [0.3, 0.4) is 0 Å². The lowest BCUT2D eigenvalue weighted by molar-refractivity contribution is 0.262. The van der Waals surface area contributed by atoms with Crippen molar-refractivity contribution in [3.05, 3.63) is 24.2 Å². The largest absolute Gasteiger partial charge is 0.472 e. The Morgan fingerprint density at radius 1 is 1.25 bits per heavy atom. The highest BCUT2D eigenvalue weighted by Gasteiger charge is 2.24. The van der Waals surface area contributed by atoms with Gasteiger partial charge < -0.3 is 9.73 Å². The first-order valence-corrected chi connectivity index (χ1v) is 6.50. The fourth-order valence-electron chi connectivity index (χ4n) is 2.66. The third kappa shape index (κ3) is 3.38. The lowest BCUT2D eigenvalue weighted by atomic mass is 9.82. The molecule has 1 saturated carbocycles. The van der Waals surface area contributed by atoms with Gasteiger partial charge in [0.05, 0.1) is 12.5 Å². The molecule has 1 aromatic heterocycles. The summed E-state index contributed by atoms with van der Waals surface area (Å²) in [6.45, 7) is 4.50. The highest BCUT2D eigenvalue weighted by atomic mass is 16.3. The van der Waals surface area contributed by atoms with E-state index in [2.05, 4.69) is 12.2 Å². The van der Waals surface area contributed by atoms with E-state index < -0.39 is 0 Å². The predicted octanol–water partition coefficient (Wildman–Crippen LogP) is 3.73. The van der Waals surface area contributed by atoms with E-state index in [0.717, 1.165) is 13.1 Å². The van der Waals surface area contributed by atoms with Crippen LogP contribution in [0.25, 0.3) is 0 Å². The van der Waals surface area contributed by atoms with Crippen LogP contribution < -0.4 is 5.32 Å². The maximum Gasteiger partial charge on any atom is 0.0947 e. The molecule has 0 aromatic carbocycles. The number of hydrogen-bond donors (Lipinski definition) is 1. The van der Waals surface area contributed by atoms with Crippen molar-refractivity contribution in [3.63, 3.8) is 0 Å². The molecule has 2 rings (SSSR count). The van der Waals surface area contributed by atoms with Gasteiger partial charge in [0.1, 0.15) is 0 Å². The van der Waals surface area contributed by atoms with Gasteiger partial charge in [0.2, 0.25) is 0 Å².